The number of piperazine rings is 1. The van der Waals surface area contributed by atoms with Crippen LogP contribution in [0, 0.1) is 0 Å². The fourth-order valence-corrected chi connectivity index (χ4v) is 4.35. The third kappa shape index (κ3) is 3.31. The average molecular weight is 333 g/mol. The summed E-state index contributed by atoms with van der Waals surface area (Å²) in [6.07, 6.45) is 1.35. The van der Waals surface area contributed by atoms with E-state index in [1.54, 1.807) is 7.05 Å². The molecule has 0 amide bonds. The molecule has 2 rings (SSSR count). The van der Waals surface area contributed by atoms with Gasteiger partial charge in [0.2, 0.25) is 10.0 Å². The van der Waals surface area contributed by atoms with Crippen LogP contribution in [-0.4, -0.2) is 61.9 Å². The zero-order chi connectivity index (χ0) is 15.6. The SMILES string of the molecule is CCN1CCN(S(=O)(=O)c2cnc(NC)c(Cl)c2)CC1C. The molecule has 21 heavy (non-hydrogen) atoms. The monoisotopic (exact) mass is 332 g/mol. The number of pyridine rings is 1. The molecular formula is C13H21ClN4O2S. The van der Waals surface area contributed by atoms with Crippen molar-refractivity contribution in [2.45, 2.75) is 24.8 Å². The molecule has 1 unspecified atom stereocenters. The number of sulfonamides is 1. The van der Waals surface area contributed by atoms with E-state index in [1.807, 2.05) is 6.92 Å². The number of hydrogen-bond acceptors (Lipinski definition) is 5. The van der Waals surface area contributed by atoms with Gasteiger partial charge in [-0.15, -0.1) is 0 Å². The lowest BCUT2D eigenvalue weighted by Crippen LogP contribution is -2.53. The van der Waals surface area contributed by atoms with Gasteiger partial charge in [0, 0.05) is 38.9 Å². The molecule has 1 atom stereocenters. The molecule has 2 heterocycles. The molecule has 0 bridgehead atoms. The van der Waals surface area contributed by atoms with Crippen LogP contribution in [0.5, 0.6) is 0 Å². The van der Waals surface area contributed by atoms with E-state index in [4.69, 9.17) is 11.6 Å². The van der Waals surface area contributed by atoms with E-state index >= 15 is 0 Å². The zero-order valence-corrected chi connectivity index (χ0v) is 14.1. The second-order valence-electron chi connectivity index (χ2n) is 5.09. The summed E-state index contributed by atoms with van der Waals surface area (Å²) in [4.78, 5) is 6.46. The van der Waals surface area contributed by atoms with Crippen LogP contribution in [0.25, 0.3) is 0 Å². The fourth-order valence-electron chi connectivity index (χ4n) is 2.54. The Morgan fingerprint density at radius 3 is 2.71 bits per heavy atom. The van der Waals surface area contributed by atoms with Crippen molar-refractivity contribution in [3.8, 4) is 0 Å². The van der Waals surface area contributed by atoms with Crippen LogP contribution in [0.3, 0.4) is 0 Å². The van der Waals surface area contributed by atoms with Gasteiger partial charge >= 0.3 is 0 Å². The van der Waals surface area contributed by atoms with E-state index in [-0.39, 0.29) is 10.9 Å². The standard InChI is InChI=1S/C13H21ClN4O2S/c1-4-17-5-6-18(9-10(17)2)21(19,20)11-7-12(14)13(15-3)16-8-11/h7-8,10H,4-6,9H2,1-3H3,(H,15,16). The van der Waals surface area contributed by atoms with Crippen molar-refractivity contribution in [1.82, 2.24) is 14.2 Å². The number of likely N-dealkylation sites (N-methyl/N-ethyl adjacent to an activating group) is 1. The minimum absolute atomic E-state index is 0.142. The number of aromatic nitrogens is 1. The molecule has 1 aromatic rings. The van der Waals surface area contributed by atoms with Gasteiger partial charge in [-0.05, 0) is 19.5 Å². The zero-order valence-electron chi connectivity index (χ0n) is 12.5. The van der Waals surface area contributed by atoms with E-state index < -0.39 is 10.0 Å². The first-order chi connectivity index (χ1) is 9.90. The molecular weight excluding hydrogens is 312 g/mol. The topological polar surface area (TPSA) is 65.5 Å². The highest BCUT2D eigenvalue weighted by Gasteiger charge is 2.32. The number of nitrogens with zero attached hydrogens (tertiary/aromatic N) is 3. The van der Waals surface area contributed by atoms with Crippen molar-refractivity contribution < 1.29 is 8.42 Å². The highest BCUT2D eigenvalue weighted by molar-refractivity contribution is 7.89. The Morgan fingerprint density at radius 1 is 1.48 bits per heavy atom. The lowest BCUT2D eigenvalue weighted by molar-refractivity contribution is 0.135. The molecule has 1 aliphatic rings. The van der Waals surface area contributed by atoms with Gasteiger partial charge < -0.3 is 5.32 Å². The molecule has 1 saturated heterocycles. The van der Waals surface area contributed by atoms with Gasteiger partial charge in [0.15, 0.2) is 0 Å². The molecule has 0 saturated carbocycles. The highest BCUT2D eigenvalue weighted by Crippen LogP contribution is 2.25. The van der Waals surface area contributed by atoms with Gasteiger partial charge in [-0.25, -0.2) is 13.4 Å². The predicted octanol–water partition coefficient (Wildman–Crippen LogP) is 1.49. The first-order valence-corrected chi connectivity index (χ1v) is 8.79. The Labute approximate surface area is 131 Å². The van der Waals surface area contributed by atoms with Crippen LogP contribution in [-0.2, 0) is 10.0 Å². The van der Waals surface area contributed by atoms with Crippen LogP contribution < -0.4 is 5.32 Å². The molecule has 1 fully saturated rings. The Balaban J connectivity index is 2.24. The molecule has 0 aliphatic carbocycles. The molecule has 118 valence electrons. The first-order valence-electron chi connectivity index (χ1n) is 6.97. The van der Waals surface area contributed by atoms with E-state index in [0.717, 1.165) is 13.1 Å². The third-order valence-corrected chi connectivity index (χ3v) is 5.94. The lowest BCUT2D eigenvalue weighted by Gasteiger charge is -2.38. The van der Waals surface area contributed by atoms with E-state index in [2.05, 4.69) is 22.1 Å². The largest absolute Gasteiger partial charge is 0.372 e. The summed E-state index contributed by atoms with van der Waals surface area (Å²) in [7, 11) is -1.85. The van der Waals surface area contributed by atoms with Crippen LogP contribution in [0.15, 0.2) is 17.2 Å². The minimum Gasteiger partial charge on any atom is -0.372 e. The summed E-state index contributed by atoms with van der Waals surface area (Å²) in [6, 6.07) is 1.66. The molecule has 0 radical (unpaired) electrons. The van der Waals surface area contributed by atoms with Crippen molar-refractivity contribution in [3.63, 3.8) is 0 Å². The van der Waals surface area contributed by atoms with E-state index in [0.29, 0.717) is 23.9 Å². The quantitative estimate of drug-likeness (QED) is 0.905. The van der Waals surface area contributed by atoms with Gasteiger partial charge in [-0.3, -0.25) is 4.90 Å². The second-order valence-corrected chi connectivity index (χ2v) is 7.44. The van der Waals surface area contributed by atoms with Crippen molar-refractivity contribution in [2.24, 2.45) is 0 Å². The van der Waals surface area contributed by atoms with Crippen LogP contribution in [0.4, 0.5) is 5.82 Å². The summed E-state index contributed by atoms with van der Waals surface area (Å²) in [6.45, 7) is 6.78. The summed E-state index contributed by atoms with van der Waals surface area (Å²) >= 11 is 6.03. The van der Waals surface area contributed by atoms with Crippen molar-refractivity contribution in [1.29, 1.82) is 0 Å². The van der Waals surface area contributed by atoms with E-state index in [1.165, 1.54) is 16.6 Å². The second kappa shape index (κ2) is 6.48. The summed E-state index contributed by atoms with van der Waals surface area (Å²) < 4.78 is 26.8. The number of anilines is 1. The molecule has 1 aliphatic heterocycles. The van der Waals surface area contributed by atoms with Gasteiger partial charge in [-0.1, -0.05) is 18.5 Å². The van der Waals surface area contributed by atoms with Crippen molar-refractivity contribution in [3.05, 3.63) is 17.3 Å². The molecule has 1 aromatic heterocycles. The predicted molar refractivity (Wildman–Crippen MR) is 84.3 cm³/mol. The van der Waals surface area contributed by atoms with Gasteiger partial charge in [0.05, 0.1) is 5.02 Å². The minimum atomic E-state index is -3.54. The Hall–Kier alpha value is -0.890. The van der Waals surface area contributed by atoms with Gasteiger partial charge in [0.25, 0.3) is 0 Å². The van der Waals surface area contributed by atoms with Crippen LogP contribution in [0.2, 0.25) is 5.02 Å². The molecule has 0 aromatic carbocycles. The van der Waals surface area contributed by atoms with Crippen LogP contribution >= 0.6 is 11.6 Å². The maximum absolute atomic E-state index is 12.7. The average Bonchev–Trinajstić information content (AvgIpc) is 2.47. The van der Waals surface area contributed by atoms with Crippen molar-refractivity contribution in [2.75, 3.05) is 38.5 Å². The highest BCUT2D eigenvalue weighted by atomic mass is 35.5. The maximum Gasteiger partial charge on any atom is 0.244 e. The fraction of sp³-hybridized carbons (Fsp3) is 0.615. The number of hydrogen-bond donors (Lipinski definition) is 1. The molecule has 8 heteroatoms. The molecule has 6 nitrogen and oxygen atoms in total. The van der Waals surface area contributed by atoms with Gasteiger partial charge in [-0.2, -0.15) is 4.31 Å². The molecule has 0 spiro atoms. The Kier molecular flexibility index (Phi) is 5.08. The summed E-state index contributed by atoms with van der Waals surface area (Å²) in [5.74, 6) is 0.472. The Morgan fingerprint density at radius 2 is 2.19 bits per heavy atom. The van der Waals surface area contributed by atoms with Crippen molar-refractivity contribution >= 4 is 27.4 Å². The Bertz CT molecular complexity index is 608. The molecule has 1 N–H and O–H groups in total. The number of halogens is 1. The lowest BCUT2D eigenvalue weighted by atomic mass is 10.2. The summed E-state index contributed by atoms with van der Waals surface area (Å²) in [5.41, 5.74) is 0. The number of rotatable bonds is 4. The summed E-state index contributed by atoms with van der Waals surface area (Å²) in [5, 5.41) is 3.12. The third-order valence-electron chi connectivity index (χ3n) is 3.82. The smallest absolute Gasteiger partial charge is 0.244 e. The van der Waals surface area contributed by atoms with E-state index in [9.17, 15) is 8.42 Å². The van der Waals surface area contributed by atoms with Gasteiger partial charge in [0.1, 0.15) is 10.7 Å². The van der Waals surface area contributed by atoms with Crippen LogP contribution in [0.1, 0.15) is 13.8 Å². The number of nitrogens with one attached hydrogen (secondary N) is 1. The maximum atomic E-state index is 12.7. The normalized spacial score (nSPS) is 21.4. The first kappa shape index (κ1) is 16.5.